The molecule has 6 nitrogen and oxygen atoms in total. The van der Waals surface area contributed by atoms with Crippen molar-refractivity contribution in [2.45, 2.75) is 38.5 Å². The van der Waals surface area contributed by atoms with Gasteiger partial charge in [-0.3, -0.25) is 4.98 Å². The van der Waals surface area contributed by atoms with Gasteiger partial charge in [0.05, 0.1) is 12.3 Å². The van der Waals surface area contributed by atoms with E-state index in [0.29, 0.717) is 0 Å². The Kier molecular flexibility index (Phi) is 5.13. The number of aromatic nitrogens is 3. The zero-order valence-electron chi connectivity index (χ0n) is 15.2. The van der Waals surface area contributed by atoms with E-state index in [1.807, 2.05) is 12.1 Å². The molecular weight excluding hydrogens is 326 g/mol. The lowest BCUT2D eigenvalue weighted by molar-refractivity contribution is 0.142. The fraction of sp³-hybridized carbons (Fsp3) is 0.550. The highest BCUT2D eigenvalue weighted by Crippen LogP contribution is 2.38. The molecule has 3 heterocycles. The van der Waals surface area contributed by atoms with Crippen molar-refractivity contribution >= 4 is 5.82 Å². The van der Waals surface area contributed by atoms with Crippen LogP contribution in [0.25, 0.3) is 11.4 Å². The van der Waals surface area contributed by atoms with Crippen molar-refractivity contribution < 1.29 is 5.11 Å². The van der Waals surface area contributed by atoms with Gasteiger partial charge in [0.2, 0.25) is 0 Å². The average Bonchev–Trinajstić information content (AvgIpc) is 3.04. The molecule has 1 aliphatic heterocycles. The summed E-state index contributed by atoms with van der Waals surface area (Å²) >= 11 is 0. The van der Waals surface area contributed by atoms with Gasteiger partial charge in [0.15, 0.2) is 5.82 Å². The summed E-state index contributed by atoms with van der Waals surface area (Å²) < 4.78 is 0. The maximum atomic E-state index is 9.92. The van der Waals surface area contributed by atoms with E-state index in [1.54, 1.807) is 12.4 Å². The van der Waals surface area contributed by atoms with Crippen LogP contribution in [0.5, 0.6) is 0 Å². The molecule has 1 saturated carbocycles. The topological polar surface area (TPSA) is 83.0 Å². The van der Waals surface area contributed by atoms with Gasteiger partial charge in [-0.15, -0.1) is 0 Å². The number of hydrogen-bond acceptors (Lipinski definition) is 6. The molecule has 2 aliphatic rings. The molecule has 0 amide bonds. The van der Waals surface area contributed by atoms with Crippen molar-refractivity contribution in [1.29, 1.82) is 0 Å². The number of rotatable bonds is 5. The molecule has 6 heteroatoms. The first-order valence-electron chi connectivity index (χ1n) is 9.65. The molecule has 3 N–H and O–H groups in total. The molecule has 0 unspecified atom stereocenters. The lowest BCUT2D eigenvalue weighted by Crippen LogP contribution is -2.31. The molecule has 2 aromatic rings. The van der Waals surface area contributed by atoms with Crippen LogP contribution < -0.4 is 10.6 Å². The van der Waals surface area contributed by atoms with Gasteiger partial charge in [-0.05, 0) is 37.9 Å². The number of anilines is 1. The maximum Gasteiger partial charge on any atom is 0.161 e. The molecule has 1 aliphatic carbocycles. The Balaban J connectivity index is 1.67. The Morgan fingerprint density at radius 2 is 1.85 bits per heavy atom. The fourth-order valence-electron chi connectivity index (χ4n) is 4.11. The zero-order chi connectivity index (χ0) is 17.8. The van der Waals surface area contributed by atoms with E-state index in [9.17, 15) is 5.11 Å². The first kappa shape index (κ1) is 17.4. The highest BCUT2D eigenvalue weighted by Gasteiger charge is 2.33. The third-order valence-corrected chi connectivity index (χ3v) is 5.75. The first-order valence-corrected chi connectivity index (χ1v) is 9.65. The van der Waals surface area contributed by atoms with Gasteiger partial charge in [0, 0.05) is 48.4 Å². The van der Waals surface area contributed by atoms with Crippen LogP contribution in [0.15, 0.2) is 24.5 Å². The number of hydrogen-bond donors (Lipinski definition) is 3. The van der Waals surface area contributed by atoms with Crippen LogP contribution in [-0.2, 0) is 12.8 Å². The standard InChI is InChI=1S/C20H27N5O/c26-14-20(7-1-2-8-20)13-23-19-16-5-11-22-12-6-17(16)24-18(25-19)15-3-9-21-10-4-15/h3-4,9-10,22,26H,1-2,5-8,11-14H2,(H,23,24,25). The average molecular weight is 353 g/mol. The number of aliphatic hydroxyl groups is 1. The second-order valence-corrected chi connectivity index (χ2v) is 7.53. The Morgan fingerprint density at radius 1 is 1.08 bits per heavy atom. The predicted molar refractivity (Wildman–Crippen MR) is 102 cm³/mol. The minimum atomic E-state index is -0.00234. The summed E-state index contributed by atoms with van der Waals surface area (Å²) in [5.41, 5.74) is 3.33. The molecular formula is C20H27N5O. The van der Waals surface area contributed by atoms with Gasteiger partial charge in [-0.1, -0.05) is 12.8 Å². The Bertz CT molecular complexity index is 743. The summed E-state index contributed by atoms with van der Waals surface area (Å²) in [7, 11) is 0. The van der Waals surface area contributed by atoms with Gasteiger partial charge in [0.1, 0.15) is 5.82 Å². The van der Waals surface area contributed by atoms with Crippen LogP contribution in [0.3, 0.4) is 0 Å². The predicted octanol–water partition coefficient (Wildman–Crippen LogP) is 2.19. The Hall–Kier alpha value is -2.05. The minimum Gasteiger partial charge on any atom is -0.396 e. The molecule has 0 aromatic carbocycles. The molecule has 0 saturated heterocycles. The van der Waals surface area contributed by atoms with E-state index in [2.05, 4.69) is 15.6 Å². The molecule has 26 heavy (non-hydrogen) atoms. The van der Waals surface area contributed by atoms with Gasteiger partial charge in [-0.2, -0.15) is 0 Å². The van der Waals surface area contributed by atoms with Gasteiger partial charge >= 0.3 is 0 Å². The van der Waals surface area contributed by atoms with E-state index in [-0.39, 0.29) is 12.0 Å². The quantitative estimate of drug-likeness (QED) is 0.764. The fourth-order valence-corrected chi connectivity index (χ4v) is 4.11. The van der Waals surface area contributed by atoms with Crippen molar-refractivity contribution in [2.24, 2.45) is 5.41 Å². The van der Waals surface area contributed by atoms with Crippen molar-refractivity contribution in [2.75, 3.05) is 31.6 Å². The summed E-state index contributed by atoms with van der Waals surface area (Å²) in [4.78, 5) is 13.8. The molecule has 0 radical (unpaired) electrons. The molecule has 4 rings (SSSR count). The summed E-state index contributed by atoms with van der Waals surface area (Å²) in [5.74, 6) is 1.69. The number of pyridine rings is 1. The van der Waals surface area contributed by atoms with Crippen molar-refractivity contribution in [1.82, 2.24) is 20.3 Å². The lowest BCUT2D eigenvalue weighted by Gasteiger charge is -2.27. The van der Waals surface area contributed by atoms with Gasteiger partial charge in [-0.25, -0.2) is 9.97 Å². The lowest BCUT2D eigenvalue weighted by atomic mass is 9.87. The van der Waals surface area contributed by atoms with E-state index in [0.717, 1.165) is 68.2 Å². The molecule has 0 spiro atoms. The largest absolute Gasteiger partial charge is 0.396 e. The van der Waals surface area contributed by atoms with Crippen LogP contribution in [0.1, 0.15) is 36.9 Å². The molecule has 1 fully saturated rings. The van der Waals surface area contributed by atoms with Gasteiger partial charge in [0.25, 0.3) is 0 Å². The smallest absolute Gasteiger partial charge is 0.161 e. The van der Waals surface area contributed by atoms with Crippen LogP contribution in [0.4, 0.5) is 5.82 Å². The Morgan fingerprint density at radius 3 is 2.62 bits per heavy atom. The normalized spacial score (nSPS) is 19.0. The molecule has 138 valence electrons. The van der Waals surface area contributed by atoms with E-state index >= 15 is 0 Å². The van der Waals surface area contributed by atoms with Crippen molar-refractivity contribution in [3.8, 4) is 11.4 Å². The van der Waals surface area contributed by atoms with E-state index < -0.39 is 0 Å². The summed E-state index contributed by atoms with van der Waals surface area (Å²) in [6.07, 6.45) is 9.98. The van der Waals surface area contributed by atoms with Crippen molar-refractivity contribution in [3.05, 3.63) is 35.8 Å². The highest BCUT2D eigenvalue weighted by atomic mass is 16.3. The molecule has 2 aromatic heterocycles. The second kappa shape index (κ2) is 7.68. The van der Waals surface area contributed by atoms with Crippen LogP contribution in [0, 0.1) is 5.41 Å². The van der Waals surface area contributed by atoms with E-state index in [1.165, 1.54) is 18.4 Å². The number of aliphatic hydroxyl groups excluding tert-OH is 1. The summed E-state index contributed by atoms with van der Waals surface area (Å²) in [5, 5.41) is 17.0. The number of fused-ring (bicyclic) bond motifs is 1. The minimum absolute atomic E-state index is 0.00234. The maximum absolute atomic E-state index is 9.92. The third-order valence-electron chi connectivity index (χ3n) is 5.75. The highest BCUT2D eigenvalue weighted by molar-refractivity contribution is 5.59. The summed E-state index contributed by atoms with van der Waals surface area (Å²) in [6, 6.07) is 3.90. The molecule has 0 atom stereocenters. The molecule has 0 bridgehead atoms. The first-order chi connectivity index (χ1) is 12.8. The van der Waals surface area contributed by atoms with Crippen LogP contribution in [-0.4, -0.2) is 46.3 Å². The SMILES string of the molecule is OCC1(CNc2nc(-c3ccncc3)nc3c2CCNCC3)CCCC1. The monoisotopic (exact) mass is 353 g/mol. The number of nitrogens with one attached hydrogen (secondary N) is 2. The Labute approximate surface area is 154 Å². The number of nitrogens with zero attached hydrogens (tertiary/aromatic N) is 3. The summed E-state index contributed by atoms with van der Waals surface area (Å²) in [6.45, 7) is 2.91. The van der Waals surface area contributed by atoms with E-state index in [4.69, 9.17) is 9.97 Å². The third kappa shape index (κ3) is 3.57. The van der Waals surface area contributed by atoms with Crippen LogP contribution >= 0.6 is 0 Å². The van der Waals surface area contributed by atoms with Crippen LogP contribution in [0.2, 0.25) is 0 Å². The van der Waals surface area contributed by atoms with Crippen molar-refractivity contribution in [3.63, 3.8) is 0 Å². The van der Waals surface area contributed by atoms with Gasteiger partial charge < -0.3 is 15.7 Å². The second-order valence-electron chi connectivity index (χ2n) is 7.53. The zero-order valence-corrected chi connectivity index (χ0v) is 15.2.